The molecule has 0 amide bonds. The summed E-state index contributed by atoms with van der Waals surface area (Å²) in [5.74, 6) is -0.757. The lowest BCUT2D eigenvalue weighted by molar-refractivity contribution is -0.146. The number of carbonyl (C=O) groups is 1. The number of carboxylic acids is 1. The largest absolute Gasteiger partial charge is 0.480 e. The highest BCUT2D eigenvalue weighted by Gasteiger charge is 2.42. The van der Waals surface area contributed by atoms with Crippen LogP contribution in [-0.4, -0.2) is 49.1 Å². The first kappa shape index (κ1) is 13.8. The maximum atomic E-state index is 11.5. The van der Waals surface area contributed by atoms with Gasteiger partial charge in [-0.3, -0.25) is 4.79 Å². The van der Waals surface area contributed by atoms with E-state index in [0.29, 0.717) is 18.9 Å². The monoisotopic (exact) mass is 297 g/mol. The van der Waals surface area contributed by atoms with E-state index < -0.39 is 11.5 Å². The molecular weight excluding hydrogens is 278 g/mol. The second-order valence-electron chi connectivity index (χ2n) is 5.61. The van der Waals surface area contributed by atoms with Crippen LogP contribution in [0.5, 0.6) is 0 Å². The van der Waals surface area contributed by atoms with Gasteiger partial charge in [0.25, 0.3) is 0 Å². The molecule has 0 bridgehead atoms. The third kappa shape index (κ3) is 2.54. The van der Waals surface area contributed by atoms with Crippen LogP contribution in [0.15, 0.2) is 5.16 Å². The van der Waals surface area contributed by atoms with Crippen molar-refractivity contribution in [2.75, 3.05) is 7.05 Å². The standard InChI is InChI=1S/C12H19N5O2S/c1-13-12(10(18)19)6-2-3-9(7-12)20-11-14-15-16-17(11)8-4-5-8/h8-9,13H,2-7H2,1H3,(H,18,19). The number of rotatable bonds is 5. The number of likely N-dealkylation sites (N-methyl/N-ethyl adjacent to an activating group) is 1. The average Bonchev–Trinajstić information content (AvgIpc) is 3.19. The fourth-order valence-electron chi connectivity index (χ4n) is 2.81. The molecule has 0 saturated heterocycles. The molecule has 0 aromatic carbocycles. The van der Waals surface area contributed by atoms with Gasteiger partial charge in [0, 0.05) is 5.25 Å². The average molecular weight is 297 g/mol. The first-order valence-corrected chi connectivity index (χ1v) is 7.89. The van der Waals surface area contributed by atoms with E-state index in [9.17, 15) is 9.90 Å². The molecule has 8 heteroatoms. The van der Waals surface area contributed by atoms with Crippen LogP contribution < -0.4 is 5.32 Å². The van der Waals surface area contributed by atoms with Gasteiger partial charge in [-0.1, -0.05) is 11.8 Å². The summed E-state index contributed by atoms with van der Waals surface area (Å²) in [6.07, 6.45) is 5.50. The number of hydrogen-bond donors (Lipinski definition) is 2. The van der Waals surface area contributed by atoms with Crippen molar-refractivity contribution < 1.29 is 9.90 Å². The summed E-state index contributed by atoms with van der Waals surface area (Å²) in [5.41, 5.74) is -0.798. The molecule has 2 aliphatic carbocycles. The van der Waals surface area contributed by atoms with Gasteiger partial charge in [0.05, 0.1) is 6.04 Å². The lowest BCUT2D eigenvalue weighted by atomic mass is 9.81. The van der Waals surface area contributed by atoms with Crippen LogP contribution >= 0.6 is 11.8 Å². The molecule has 0 aliphatic heterocycles. The number of thioether (sulfide) groups is 1. The van der Waals surface area contributed by atoms with Gasteiger partial charge in [-0.05, 0) is 56.0 Å². The Kier molecular flexibility index (Phi) is 3.68. The molecule has 0 radical (unpaired) electrons. The van der Waals surface area contributed by atoms with Crippen molar-refractivity contribution in [2.45, 2.75) is 60.5 Å². The fraction of sp³-hybridized carbons (Fsp3) is 0.833. The third-order valence-electron chi connectivity index (χ3n) is 4.22. The van der Waals surface area contributed by atoms with Crippen molar-refractivity contribution in [2.24, 2.45) is 0 Å². The summed E-state index contributed by atoms with van der Waals surface area (Å²) in [6, 6.07) is 0.449. The van der Waals surface area contributed by atoms with E-state index in [2.05, 4.69) is 20.8 Å². The van der Waals surface area contributed by atoms with Crippen LogP contribution in [0.25, 0.3) is 0 Å². The molecule has 1 aromatic heterocycles. The molecule has 20 heavy (non-hydrogen) atoms. The maximum absolute atomic E-state index is 11.5. The van der Waals surface area contributed by atoms with Gasteiger partial charge in [0.1, 0.15) is 5.54 Å². The normalized spacial score (nSPS) is 30.4. The summed E-state index contributed by atoms with van der Waals surface area (Å²) >= 11 is 1.62. The Morgan fingerprint density at radius 3 is 2.95 bits per heavy atom. The van der Waals surface area contributed by atoms with E-state index in [-0.39, 0.29) is 5.25 Å². The smallest absolute Gasteiger partial charge is 0.323 e. The van der Waals surface area contributed by atoms with Crippen LogP contribution in [0.1, 0.15) is 44.6 Å². The Labute approximate surface area is 121 Å². The van der Waals surface area contributed by atoms with Crippen LogP contribution in [-0.2, 0) is 4.79 Å². The Morgan fingerprint density at radius 2 is 2.30 bits per heavy atom. The van der Waals surface area contributed by atoms with Gasteiger partial charge in [-0.15, -0.1) is 5.10 Å². The Hall–Kier alpha value is -1.15. The van der Waals surface area contributed by atoms with Crippen molar-refractivity contribution >= 4 is 17.7 Å². The van der Waals surface area contributed by atoms with E-state index in [0.717, 1.165) is 30.8 Å². The minimum atomic E-state index is -0.798. The lowest BCUT2D eigenvalue weighted by Gasteiger charge is -2.36. The van der Waals surface area contributed by atoms with Crippen LogP contribution in [0.2, 0.25) is 0 Å². The van der Waals surface area contributed by atoms with E-state index in [1.807, 2.05) is 4.68 Å². The quantitative estimate of drug-likeness (QED) is 0.840. The van der Waals surface area contributed by atoms with Crippen molar-refractivity contribution in [1.82, 2.24) is 25.5 Å². The zero-order chi connectivity index (χ0) is 14.2. The summed E-state index contributed by atoms with van der Waals surface area (Å²) < 4.78 is 1.89. The van der Waals surface area contributed by atoms with Gasteiger partial charge in [0.2, 0.25) is 5.16 Å². The predicted octanol–water partition coefficient (Wildman–Crippen LogP) is 1.09. The number of carboxylic acid groups (broad SMARTS) is 1. The SMILES string of the molecule is CNC1(C(=O)O)CCCC(Sc2nnnn2C2CC2)C1. The first-order valence-electron chi connectivity index (χ1n) is 7.01. The number of tetrazole rings is 1. The molecule has 7 nitrogen and oxygen atoms in total. The highest BCUT2D eigenvalue weighted by molar-refractivity contribution is 7.99. The molecule has 2 N–H and O–H groups in total. The van der Waals surface area contributed by atoms with Crippen LogP contribution in [0.4, 0.5) is 0 Å². The molecule has 2 aliphatic rings. The molecular formula is C12H19N5O2S. The number of nitrogens with zero attached hydrogens (tertiary/aromatic N) is 4. The van der Waals surface area contributed by atoms with E-state index in [1.165, 1.54) is 0 Å². The second kappa shape index (κ2) is 5.33. The fourth-order valence-corrected chi connectivity index (χ4v) is 4.14. The molecule has 2 saturated carbocycles. The first-order chi connectivity index (χ1) is 9.64. The lowest BCUT2D eigenvalue weighted by Crippen LogP contribution is -2.53. The molecule has 2 atom stereocenters. The Balaban J connectivity index is 1.71. The molecule has 3 rings (SSSR count). The van der Waals surface area contributed by atoms with Gasteiger partial charge >= 0.3 is 5.97 Å². The second-order valence-corrected chi connectivity index (χ2v) is 6.88. The van der Waals surface area contributed by atoms with E-state index in [1.54, 1.807) is 18.8 Å². The number of hydrogen-bond acceptors (Lipinski definition) is 6. The van der Waals surface area contributed by atoms with Crippen molar-refractivity contribution in [3.05, 3.63) is 0 Å². The summed E-state index contributed by atoms with van der Waals surface area (Å²) in [7, 11) is 1.73. The summed E-state index contributed by atoms with van der Waals surface area (Å²) in [6.45, 7) is 0. The highest BCUT2D eigenvalue weighted by Crippen LogP contribution is 2.41. The molecule has 0 spiro atoms. The van der Waals surface area contributed by atoms with Gasteiger partial charge in [-0.2, -0.15) is 0 Å². The van der Waals surface area contributed by atoms with Crippen LogP contribution in [0.3, 0.4) is 0 Å². The summed E-state index contributed by atoms with van der Waals surface area (Å²) in [4.78, 5) is 11.5. The summed E-state index contributed by atoms with van der Waals surface area (Å²) in [5, 5.41) is 25.4. The minimum Gasteiger partial charge on any atom is -0.480 e. The van der Waals surface area contributed by atoms with Crippen LogP contribution in [0, 0.1) is 0 Å². The number of aliphatic carboxylic acids is 1. The molecule has 110 valence electrons. The topological polar surface area (TPSA) is 92.9 Å². The molecule has 1 aromatic rings. The number of nitrogens with one attached hydrogen (secondary N) is 1. The molecule has 2 fully saturated rings. The predicted molar refractivity (Wildman–Crippen MR) is 73.6 cm³/mol. The zero-order valence-corrected chi connectivity index (χ0v) is 12.3. The Morgan fingerprint density at radius 1 is 1.50 bits per heavy atom. The minimum absolute atomic E-state index is 0.246. The van der Waals surface area contributed by atoms with Crippen molar-refractivity contribution in [3.8, 4) is 0 Å². The van der Waals surface area contributed by atoms with E-state index >= 15 is 0 Å². The molecule has 2 unspecified atom stereocenters. The van der Waals surface area contributed by atoms with Gasteiger partial charge < -0.3 is 10.4 Å². The van der Waals surface area contributed by atoms with Crippen molar-refractivity contribution in [3.63, 3.8) is 0 Å². The highest BCUT2D eigenvalue weighted by atomic mass is 32.2. The molecule has 1 heterocycles. The third-order valence-corrected chi connectivity index (χ3v) is 5.44. The van der Waals surface area contributed by atoms with Crippen molar-refractivity contribution in [1.29, 1.82) is 0 Å². The van der Waals surface area contributed by atoms with Gasteiger partial charge in [-0.25, -0.2) is 4.68 Å². The number of aromatic nitrogens is 4. The zero-order valence-electron chi connectivity index (χ0n) is 11.4. The van der Waals surface area contributed by atoms with Gasteiger partial charge in [0.15, 0.2) is 0 Å². The van der Waals surface area contributed by atoms with E-state index in [4.69, 9.17) is 0 Å². The maximum Gasteiger partial charge on any atom is 0.323 e. The Bertz CT molecular complexity index is 504.